The van der Waals surface area contributed by atoms with E-state index < -0.39 is 0 Å². The van der Waals surface area contributed by atoms with Crippen LogP contribution < -0.4 is 11.1 Å². The second-order valence-electron chi connectivity index (χ2n) is 3.58. The molecule has 1 rings (SSSR count). The molecule has 1 amide bonds. The van der Waals surface area contributed by atoms with Crippen molar-refractivity contribution in [3.8, 4) is 0 Å². The Morgan fingerprint density at radius 3 is 3.06 bits per heavy atom. The topological polar surface area (TPSA) is 70.7 Å². The Bertz CT molecular complexity index is 344. The van der Waals surface area contributed by atoms with Gasteiger partial charge in [-0.2, -0.15) is 0 Å². The molecule has 1 heterocycles. The van der Waals surface area contributed by atoms with Crippen molar-refractivity contribution in [2.45, 2.75) is 20.3 Å². The van der Waals surface area contributed by atoms with Crippen LogP contribution in [-0.4, -0.2) is 29.9 Å². The largest absolute Gasteiger partial charge is 0.332 e. The van der Waals surface area contributed by atoms with E-state index in [1.165, 1.54) is 6.92 Å². The van der Waals surface area contributed by atoms with Gasteiger partial charge in [-0.1, -0.05) is 6.08 Å². The van der Waals surface area contributed by atoms with E-state index in [9.17, 15) is 4.79 Å². The average molecular weight is 222 g/mol. The molecule has 5 heteroatoms. The highest BCUT2D eigenvalue weighted by molar-refractivity contribution is 6.04. The highest BCUT2D eigenvalue weighted by Gasteiger charge is 2.09. The number of hydrogen-bond acceptors (Lipinski definition) is 4. The van der Waals surface area contributed by atoms with Gasteiger partial charge in [0.2, 0.25) is 5.91 Å². The minimum absolute atomic E-state index is 0.102. The lowest BCUT2D eigenvalue weighted by Crippen LogP contribution is -2.32. The van der Waals surface area contributed by atoms with Crippen molar-refractivity contribution < 1.29 is 4.79 Å². The van der Waals surface area contributed by atoms with Crippen LogP contribution in [0.5, 0.6) is 0 Å². The smallest absolute Gasteiger partial charge is 0.222 e. The van der Waals surface area contributed by atoms with Gasteiger partial charge in [-0.15, -0.1) is 0 Å². The van der Waals surface area contributed by atoms with Gasteiger partial charge < -0.3 is 16.0 Å². The molecular formula is C11H18N4O. The monoisotopic (exact) mass is 222 g/mol. The number of nitrogens with two attached hydrogens (primary N) is 1. The summed E-state index contributed by atoms with van der Waals surface area (Å²) in [5.41, 5.74) is 6.44. The average Bonchev–Trinajstić information content (AvgIpc) is 2.20. The van der Waals surface area contributed by atoms with Crippen molar-refractivity contribution >= 4 is 11.7 Å². The number of rotatable bonds is 3. The summed E-state index contributed by atoms with van der Waals surface area (Å²) in [7, 11) is 0. The standard InChI is InChI=1S/C11H18N4O/c1-9-7-11(14-10(2)16)13-8-15(9)6-4-3-5-12/h4,6-7H,3,5,8,12H2,1-2H3,(H,13,14,16)/b6-4-. The van der Waals surface area contributed by atoms with Gasteiger partial charge in [0.05, 0.1) is 0 Å². The Hall–Kier alpha value is -1.62. The molecule has 0 saturated carbocycles. The maximum Gasteiger partial charge on any atom is 0.222 e. The molecule has 88 valence electrons. The fourth-order valence-electron chi connectivity index (χ4n) is 1.31. The van der Waals surface area contributed by atoms with Crippen LogP contribution in [0, 0.1) is 0 Å². The highest BCUT2D eigenvalue weighted by atomic mass is 16.1. The molecule has 0 aliphatic carbocycles. The Kier molecular flexibility index (Phi) is 4.72. The molecule has 5 nitrogen and oxygen atoms in total. The molecule has 0 aromatic heterocycles. The minimum Gasteiger partial charge on any atom is -0.332 e. The summed E-state index contributed by atoms with van der Waals surface area (Å²) in [6.07, 6.45) is 6.67. The molecule has 1 aliphatic rings. The summed E-state index contributed by atoms with van der Waals surface area (Å²) < 4.78 is 0. The van der Waals surface area contributed by atoms with Crippen LogP contribution >= 0.6 is 0 Å². The second kappa shape index (κ2) is 6.07. The van der Waals surface area contributed by atoms with Gasteiger partial charge in [-0.3, -0.25) is 4.79 Å². The van der Waals surface area contributed by atoms with Gasteiger partial charge in [0.1, 0.15) is 12.5 Å². The SMILES string of the molecule is CC(=O)NC1=NCN(/C=C\CCN)C(C)=C1. The quantitative estimate of drug-likeness (QED) is 0.733. The predicted octanol–water partition coefficient (Wildman–Crippen LogP) is 0.560. The Morgan fingerprint density at radius 2 is 2.50 bits per heavy atom. The van der Waals surface area contributed by atoms with Gasteiger partial charge >= 0.3 is 0 Å². The first-order valence-electron chi connectivity index (χ1n) is 5.27. The zero-order chi connectivity index (χ0) is 12.0. The maximum absolute atomic E-state index is 10.8. The lowest BCUT2D eigenvalue weighted by Gasteiger charge is -2.23. The normalized spacial score (nSPS) is 16.1. The third-order valence-electron chi connectivity index (χ3n) is 2.11. The van der Waals surface area contributed by atoms with Crippen LogP contribution in [0.1, 0.15) is 20.3 Å². The molecular weight excluding hydrogens is 204 g/mol. The van der Waals surface area contributed by atoms with Crippen molar-refractivity contribution in [3.05, 3.63) is 24.0 Å². The molecule has 0 atom stereocenters. The fourth-order valence-corrected chi connectivity index (χ4v) is 1.31. The lowest BCUT2D eigenvalue weighted by molar-refractivity contribution is -0.117. The third kappa shape index (κ3) is 3.86. The Morgan fingerprint density at radius 1 is 1.75 bits per heavy atom. The van der Waals surface area contributed by atoms with Crippen molar-refractivity contribution in [1.82, 2.24) is 10.2 Å². The van der Waals surface area contributed by atoms with Gasteiger partial charge in [-0.05, 0) is 26.0 Å². The van der Waals surface area contributed by atoms with Crippen LogP contribution in [-0.2, 0) is 4.79 Å². The van der Waals surface area contributed by atoms with Crippen LogP contribution in [0.3, 0.4) is 0 Å². The van der Waals surface area contributed by atoms with Gasteiger partial charge in [0, 0.05) is 18.8 Å². The number of amidine groups is 1. The zero-order valence-electron chi connectivity index (χ0n) is 9.73. The van der Waals surface area contributed by atoms with E-state index in [0.717, 1.165) is 12.1 Å². The number of carbonyl (C=O) groups is 1. The van der Waals surface area contributed by atoms with E-state index in [2.05, 4.69) is 10.3 Å². The molecule has 3 N–H and O–H groups in total. The fraction of sp³-hybridized carbons (Fsp3) is 0.455. The number of carbonyl (C=O) groups excluding carboxylic acids is 1. The summed E-state index contributed by atoms with van der Waals surface area (Å²) >= 11 is 0. The predicted molar refractivity (Wildman–Crippen MR) is 64.5 cm³/mol. The molecule has 0 unspecified atom stereocenters. The van der Waals surface area contributed by atoms with Crippen LogP contribution in [0.25, 0.3) is 0 Å². The first kappa shape index (κ1) is 12.4. The van der Waals surface area contributed by atoms with E-state index in [1.807, 2.05) is 30.2 Å². The van der Waals surface area contributed by atoms with Crippen molar-refractivity contribution in [2.75, 3.05) is 13.2 Å². The lowest BCUT2D eigenvalue weighted by atomic mass is 10.3. The third-order valence-corrected chi connectivity index (χ3v) is 2.11. The second-order valence-corrected chi connectivity index (χ2v) is 3.58. The highest BCUT2D eigenvalue weighted by Crippen LogP contribution is 2.09. The molecule has 0 bridgehead atoms. The van der Waals surface area contributed by atoms with Crippen LogP contribution in [0.15, 0.2) is 29.0 Å². The summed E-state index contributed by atoms with van der Waals surface area (Å²) in [4.78, 5) is 17.1. The number of aliphatic imine (C=N–C) groups is 1. The van der Waals surface area contributed by atoms with E-state index >= 15 is 0 Å². The summed E-state index contributed by atoms with van der Waals surface area (Å²) in [6.45, 7) is 4.62. The van der Waals surface area contributed by atoms with E-state index in [-0.39, 0.29) is 5.91 Å². The summed E-state index contributed by atoms with van der Waals surface area (Å²) in [5, 5.41) is 2.66. The Balaban J connectivity index is 2.56. The first-order valence-corrected chi connectivity index (χ1v) is 5.27. The van der Waals surface area contributed by atoms with Gasteiger partial charge in [-0.25, -0.2) is 4.99 Å². The van der Waals surface area contributed by atoms with E-state index in [1.54, 1.807) is 0 Å². The zero-order valence-corrected chi connectivity index (χ0v) is 9.73. The molecule has 0 saturated heterocycles. The van der Waals surface area contributed by atoms with Gasteiger partial charge in [0.15, 0.2) is 0 Å². The first-order chi connectivity index (χ1) is 7.63. The summed E-state index contributed by atoms with van der Waals surface area (Å²) in [5.74, 6) is 0.517. The van der Waals surface area contributed by atoms with Crippen molar-refractivity contribution in [3.63, 3.8) is 0 Å². The van der Waals surface area contributed by atoms with Crippen molar-refractivity contribution in [1.29, 1.82) is 0 Å². The molecule has 0 fully saturated rings. The van der Waals surface area contributed by atoms with Gasteiger partial charge in [0.25, 0.3) is 0 Å². The minimum atomic E-state index is -0.102. The van der Waals surface area contributed by atoms with Crippen molar-refractivity contribution in [2.24, 2.45) is 10.7 Å². The van der Waals surface area contributed by atoms with Crippen LogP contribution in [0.4, 0.5) is 0 Å². The van der Waals surface area contributed by atoms with E-state index in [0.29, 0.717) is 19.0 Å². The number of amides is 1. The Labute approximate surface area is 95.7 Å². The molecule has 0 spiro atoms. The number of nitrogens with zero attached hydrogens (tertiary/aromatic N) is 2. The number of hydrogen-bond donors (Lipinski definition) is 2. The maximum atomic E-state index is 10.8. The van der Waals surface area contributed by atoms with E-state index in [4.69, 9.17) is 5.73 Å². The molecule has 0 aromatic carbocycles. The summed E-state index contributed by atoms with van der Waals surface area (Å²) in [6, 6.07) is 0. The van der Waals surface area contributed by atoms with Crippen LogP contribution in [0.2, 0.25) is 0 Å². The molecule has 0 radical (unpaired) electrons. The molecule has 0 aromatic rings. The number of allylic oxidation sites excluding steroid dienone is 1. The number of nitrogens with one attached hydrogen (secondary N) is 1. The molecule has 1 aliphatic heterocycles. The molecule has 16 heavy (non-hydrogen) atoms.